The van der Waals surface area contributed by atoms with E-state index in [1.165, 1.54) is 18.0 Å². The van der Waals surface area contributed by atoms with Crippen molar-refractivity contribution in [2.24, 2.45) is 0 Å². The lowest BCUT2D eigenvalue weighted by molar-refractivity contribution is 0.102. The van der Waals surface area contributed by atoms with Crippen molar-refractivity contribution < 1.29 is 4.79 Å². The van der Waals surface area contributed by atoms with Crippen LogP contribution in [0.1, 0.15) is 21.6 Å². The molecular formula is C13H12ClN3O. The molecule has 0 aliphatic carbocycles. The van der Waals surface area contributed by atoms with E-state index in [1.54, 1.807) is 0 Å². The Balaban J connectivity index is 2.18. The van der Waals surface area contributed by atoms with Crippen LogP contribution in [0.15, 0.2) is 30.6 Å². The first-order valence-electron chi connectivity index (χ1n) is 5.42. The summed E-state index contributed by atoms with van der Waals surface area (Å²) in [5.41, 5.74) is 3.21. The summed E-state index contributed by atoms with van der Waals surface area (Å²) >= 11 is 5.68. The smallest absolute Gasteiger partial charge is 0.275 e. The number of rotatable bonds is 2. The fourth-order valence-electron chi connectivity index (χ4n) is 1.47. The molecule has 1 amide bonds. The number of aromatic nitrogens is 2. The lowest BCUT2D eigenvalue weighted by Crippen LogP contribution is -2.14. The molecule has 0 radical (unpaired) electrons. The predicted molar refractivity (Wildman–Crippen MR) is 70.9 cm³/mol. The highest BCUT2D eigenvalue weighted by atomic mass is 35.5. The van der Waals surface area contributed by atoms with E-state index in [4.69, 9.17) is 11.6 Å². The van der Waals surface area contributed by atoms with Crippen molar-refractivity contribution in [1.29, 1.82) is 0 Å². The zero-order valence-electron chi connectivity index (χ0n) is 10.1. The van der Waals surface area contributed by atoms with Crippen LogP contribution in [0.2, 0.25) is 5.15 Å². The number of amides is 1. The lowest BCUT2D eigenvalue weighted by Gasteiger charge is -2.07. The summed E-state index contributed by atoms with van der Waals surface area (Å²) in [7, 11) is 0. The molecule has 1 N–H and O–H groups in total. The van der Waals surface area contributed by atoms with Crippen LogP contribution in [-0.4, -0.2) is 15.9 Å². The van der Waals surface area contributed by atoms with E-state index < -0.39 is 0 Å². The molecule has 0 spiro atoms. The predicted octanol–water partition coefficient (Wildman–Crippen LogP) is 3.00. The number of anilines is 1. The monoisotopic (exact) mass is 261 g/mol. The molecule has 0 aliphatic rings. The van der Waals surface area contributed by atoms with Gasteiger partial charge in [0.2, 0.25) is 0 Å². The van der Waals surface area contributed by atoms with Gasteiger partial charge in [0.05, 0.1) is 12.4 Å². The number of carbonyl (C=O) groups is 1. The first-order valence-corrected chi connectivity index (χ1v) is 5.80. The number of hydrogen-bond acceptors (Lipinski definition) is 3. The van der Waals surface area contributed by atoms with Gasteiger partial charge in [-0.3, -0.25) is 9.78 Å². The summed E-state index contributed by atoms with van der Waals surface area (Å²) in [5.74, 6) is -0.326. The fourth-order valence-corrected chi connectivity index (χ4v) is 1.61. The van der Waals surface area contributed by atoms with E-state index in [0.29, 0.717) is 0 Å². The number of carbonyl (C=O) groups excluding carboxylic acids is 1. The molecule has 1 heterocycles. The number of nitrogens with one attached hydrogen (secondary N) is 1. The van der Waals surface area contributed by atoms with E-state index >= 15 is 0 Å². The molecule has 4 nitrogen and oxygen atoms in total. The first-order chi connectivity index (χ1) is 8.56. The van der Waals surface area contributed by atoms with Crippen LogP contribution < -0.4 is 5.32 Å². The average molecular weight is 262 g/mol. The Morgan fingerprint density at radius 3 is 2.67 bits per heavy atom. The Morgan fingerprint density at radius 2 is 2.00 bits per heavy atom. The molecular weight excluding hydrogens is 250 g/mol. The average Bonchev–Trinajstić information content (AvgIpc) is 2.34. The molecule has 92 valence electrons. The van der Waals surface area contributed by atoms with Crippen LogP contribution >= 0.6 is 11.6 Å². The van der Waals surface area contributed by atoms with Gasteiger partial charge in [-0.1, -0.05) is 17.7 Å². The third-order valence-corrected chi connectivity index (χ3v) is 2.78. The summed E-state index contributed by atoms with van der Waals surface area (Å²) in [5, 5.41) is 2.95. The second kappa shape index (κ2) is 5.14. The largest absolute Gasteiger partial charge is 0.321 e. The summed E-state index contributed by atoms with van der Waals surface area (Å²) in [6, 6.07) is 5.71. The van der Waals surface area contributed by atoms with Crippen LogP contribution in [0.25, 0.3) is 0 Å². The molecule has 0 saturated heterocycles. The maximum atomic E-state index is 11.9. The molecule has 2 aromatic rings. The minimum Gasteiger partial charge on any atom is -0.321 e. The summed E-state index contributed by atoms with van der Waals surface area (Å²) in [6.45, 7) is 4.01. The van der Waals surface area contributed by atoms with Gasteiger partial charge in [0.25, 0.3) is 5.91 Å². The van der Waals surface area contributed by atoms with E-state index in [2.05, 4.69) is 15.3 Å². The quantitative estimate of drug-likeness (QED) is 0.904. The van der Waals surface area contributed by atoms with E-state index in [-0.39, 0.29) is 16.8 Å². The maximum absolute atomic E-state index is 11.9. The highest BCUT2D eigenvalue weighted by Crippen LogP contribution is 2.15. The minimum atomic E-state index is -0.326. The standard InChI is InChI=1S/C13H12ClN3O/c1-8-3-4-10(5-9(8)2)16-13(18)11-6-15-7-12(14)17-11/h3-7H,1-2H3,(H,16,18). The SMILES string of the molecule is Cc1ccc(NC(=O)c2cncc(Cl)n2)cc1C. The minimum absolute atomic E-state index is 0.195. The van der Waals surface area contributed by atoms with Crippen molar-refractivity contribution in [3.8, 4) is 0 Å². The van der Waals surface area contributed by atoms with E-state index in [9.17, 15) is 4.79 Å². The number of hydrogen-bond donors (Lipinski definition) is 1. The van der Waals surface area contributed by atoms with Crippen molar-refractivity contribution >= 4 is 23.2 Å². The second-order valence-electron chi connectivity index (χ2n) is 3.98. The molecule has 0 fully saturated rings. The van der Waals surface area contributed by atoms with Gasteiger partial charge in [0.1, 0.15) is 10.8 Å². The molecule has 1 aromatic heterocycles. The summed E-state index contributed by atoms with van der Waals surface area (Å²) in [6.07, 6.45) is 2.76. The molecule has 0 unspecified atom stereocenters. The van der Waals surface area contributed by atoms with Gasteiger partial charge >= 0.3 is 0 Å². The van der Waals surface area contributed by atoms with Crippen molar-refractivity contribution in [3.05, 3.63) is 52.6 Å². The van der Waals surface area contributed by atoms with Crippen molar-refractivity contribution in [2.75, 3.05) is 5.32 Å². The summed E-state index contributed by atoms with van der Waals surface area (Å²) in [4.78, 5) is 19.6. The number of aryl methyl sites for hydroxylation is 2. The van der Waals surface area contributed by atoms with Crippen LogP contribution in [0.5, 0.6) is 0 Å². The molecule has 5 heteroatoms. The highest BCUT2D eigenvalue weighted by molar-refractivity contribution is 6.29. The third kappa shape index (κ3) is 2.84. The topological polar surface area (TPSA) is 54.9 Å². The van der Waals surface area contributed by atoms with Gasteiger partial charge in [-0.15, -0.1) is 0 Å². The highest BCUT2D eigenvalue weighted by Gasteiger charge is 2.09. The number of halogens is 1. The Morgan fingerprint density at radius 1 is 1.22 bits per heavy atom. The zero-order chi connectivity index (χ0) is 13.1. The lowest BCUT2D eigenvalue weighted by atomic mass is 10.1. The molecule has 0 atom stereocenters. The van der Waals surface area contributed by atoms with Crippen LogP contribution in [-0.2, 0) is 0 Å². The molecule has 0 bridgehead atoms. The maximum Gasteiger partial charge on any atom is 0.275 e. The Labute approximate surface area is 110 Å². The Bertz CT molecular complexity index is 599. The van der Waals surface area contributed by atoms with E-state index in [0.717, 1.165) is 11.3 Å². The van der Waals surface area contributed by atoms with Crippen molar-refractivity contribution in [3.63, 3.8) is 0 Å². The third-order valence-electron chi connectivity index (χ3n) is 2.60. The summed E-state index contributed by atoms with van der Waals surface area (Å²) < 4.78 is 0. The normalized spacial score (nSPS) is 10.2. The molecule has 2 rings (SSSR count). The van der Waals surface area contributed by atoms with Gasteiger partial charge in [0.15, 0.2) is 0 Å². The van der Waals surface area contributed by atoms with Crippen molar-refractivity contribution in [2.45, 2.75) is 13.8 Å². The Kier molecular flexibility index (Phi) is 3.58. The molecule has 0 saturated carbocycles. The van der Waals surface area contributed by atoms with Crippen LogP contribution in [0.3, 0.4) is 0 Å². The van der Waals surface area contributed by atoms with Gasteiger partial charge < -0.3 is 5.32 Å². The zero-order valence-corrected chi connectivity index (χ0v) is 10.8. The van der Waals surface area contributed by atoms with E-state index in [1.807, 2.05) is 32.0 Å². The van der Waals surface area contributed by atoms with Crippen LogP contribution in [0.4, 0.5) is 5.69 Å². The number of benzene rings is 1. The van der Waals surface area contributed by atoms with Gasteiger partial charge in [0, 0.05) is 5.69 Å². The molecule has 0 aliphatic heterocycles. The van der Waals surface area contributed by atoms with Crippen molar-refractivity contribution in [1.82, 2.24) is 9.97 Å². The molecule has 1 aromatic carbocycles. The van der Waals surface area contributed by atoms with Gasteiger partial charge in [-0.2, -0.15) is 0 Å². The Hall–Kier alpha value is -1.94. The fraction of sp³-hybridized carbons (Fsp3) is 0.154. The molecule has 18 heavy (non-hydrogen) atoms. The van der Waals surface area contributed by atoms with Gasteiger partial charge in [-0.25, -0.2) is 4.98 Å². The van der Waals surface area contributed by atoms with Crippen LogP contribution in [0, 0.1) is 13.8 Å². The first kappa shape index (κ1) is 12.5. The van der Waals surface area contributed by atoms with Gasteiger partial charge in [-0.05, 0) is 37.1 Å². The second-order valence-corrected chi connectivity index (χ2v) is 4.37. The number of nitrogens with zero attached hydrogens (tertiary/aromatic N) is 2.